The maximum Gasteiger partial charge on any atom is 0.258 e. The van der Waals surface area contributed by atoms with Gasteiger partial charge in [0.05, 0.1) is 17.4 Å². The average molecular weight is 328 g/mol. The summed E-state index contributed by atoms with van der Waals surface area (Å²) in [7, 11) is 2.02. The SMILES string of the molecule is C[C@H](c1ccccc1)N(C)Cc1nc2ccc(Cl)cc2c(=O)[nH]1. The van der Waals surface area contributed by atoms with Crippen LogP contribution in [-0.2, 0) is 6.54 Å². The number of aromatic amines is 1. The van der Waals surface area contributed by atoms with Crippen LogP contribution in [0.4, 0.5) is 0 Å². The highest BCUT2D eigenvalue weighted by Crippen LogP contribution is 2.20. The highest BCUT2D eigenvalue weighted by atomic mass is 35.5. The van der Waals surface area contributed by atoms with Gasteiger partial charge >= 0.3 is 0 Å². The van der Waals surface area contributed by atoms with Gasteiger partial charge in [0.1, 0.15) is 5.82 Å². The monoisotopic (exact) mass is 327 g/mol. The van der Waals surface area contributed by atoms with Gasteiger partial charge in [0, 0.05) is 11.1 Å². The Kier molecular flexibility index (Phi) is 4.46. The Labute approximate surface area is 139 Å². The van der Waals surface area contributed by atoms with Gasteiger partial charge in [-0.3, -0.25) is 9.69 Å². The molecular weight excluding hydrogens is 310 g/mol. The number of hydrogen-bond acceptors (Lipinski definition) is 3. The molecule has 23 heavy (non-hydrogen) atoms. The number of aromatic nitrogens is 2. The first-order valence-corrected chi connectivity index (χ1v) is 7.86. The fraction of sp³-hybridized carbons (Fsp3) is 0.222. The van der Waals surface area contributed by atoms with E-state index in [2.05, 4.69) is 33.9 Å². The van der Waals surface area contributed by atoms with Gasteiger partial charge in [0.2, 0.25) is 0 Å². The lowest BCUT2D eigenvalue weighted by atomic mass is 10.1. The second-order valence-electron chi connectivity index (χ2n) is 5.68. The second-order valence-corrected chi connectivity index (χ2v) is 6.11. The lowest BCUT2D eigenvalue weighted by molar-refractivity contribution is 0.247. The molecule has 1 aromatic heterocycles. The van der Waals surface area contributed by atoms with Crippen molar-refractivity contribution in [1.29, 1.82) is 0 Å². The molecule has 3 aromatic rings. The standard InChI is InChI=1S/C18H18ClN3O/c1-12(13-6-4-3-5-7-13)22(2)11-17-20-16-9-8-14(19)10-15(16)18(23)21-17/h3-10,12H,11H2,1-2H3,(H,20,21,23)/t12-/m1/s1. The smallest absolute Gasteiger partial charge is 0.258 e. The van der Waals surface area contributed by atoms with E-state index in [1.807, 2.05) is 25.2 Å². The van der Waals surface area contributed by atoms with Crippen LogP contribution in [0, 0.1) is 0 Å². The van der Waals surface area contributed by atoms with Crippen molar-refractivity contribution in [3.05, 3.63) is 75.3 Å². The predicted octanol–water partition coefficient (Wildman–Crippen LogP) is 3.77. The van der Waals surface area contributed by atoms with E-state index in [0.717, 1.165) is 0 Å². The van der Waals surface area contributed by atoms with Crippen molar-refractivity contribution in [2.24, 2.45) is 0 Å². The lowest BCUT2D eigenvalue weighted by Crippen LogP contribution is -2.25. The Morgan fingerprint density at radius 1 is 1.22 bits per heavy atom. The van der Waals surface area contributed by atoms with Crippen LogP contribution in [0.1, 0.15) is 24.4 Å². The summed E-state index contributed by atoms with van der Waals surface area (Å²) in [4.78, 5) is 21.7. The molecule has 0 fully saturated rings. The van der Waals surface area contributed by atoms with Crippen molar-refractivity contribution in [3.8, 4) is 0 Å². The van der Waals surface area contributed by atoms with Crippen molar-refractivity contribution in [3.63, 3.8) is 0 Å². The van der Waals surface area contributed by atoms with Crippen LogP contribution in [0.25, 0.3) is 10.9 Å². The third-order valence-corrected chi connectivity index (χ3v) is 4.29. The van der Waals surface area contributed by atoms with Crippen LogP contribution >= 0.6 is 11.6 Å². The summed E-state index contributed by atoms with van der Waals surface area (Å²) in [6.07, 6.45) is 0. The number of nitrogens with one attached hydrogen (secondary N) is 1. The molecule has 0 bridgehead atoms. The quantitative estimate of drug-likeness (QED) is 0.793. The number of hydrogen-bond donors (Lipinski definition) is 1. The van der Waals surface area contributed by atoms with Gasteiger partial charge in [-0.25, -0.2) is 4.98 Å². The molecule has 0 amide bonds. The van der Waals surface area contributed by atoms with E-state index in [0.29, 0.717) is 28.3 Å². The first-order chi connectivity index (χ1) is 11.0. The van der Waals surface area contributed by atoms with Crippen molar-refractivity contribution in [1.82, 2.24) is 14.9 Å². The molecule has 1 N–H and O–H groups in total. The van der Waals surface area contributed by atoms with Gasteiger partial charge in [0.15, 0.2) is 0 Å². The minimum absolute atomic E-state index is 0.159. The zero-order valence-corrected chi connectivity index (χ0v) is 13.8. The first-order valence-electron chi connectivity index (χ1n) is 7.48. The number of nitrogens with zero attached hydrogens (tertiary/aromatic N) is 2. The summed E-state index contributed by atoms with van der Waals surface area (Å²) < 4.78 is 0. The number of benzene rings is 2. The minimum Gasteiger partial charge on any atom is -0.309 e. The maximum absolute atomic E-state index is 12.2. The van der Waals surface area contributed by atoms with Crippen molar-refractivity contribution >= 4 is 22.5 Å². The molecule has 2 aromatic carbocycles. The zero-order chi connectivity index (χ0) is 16.4. The number of fused-ring (bicyclic) bond motifs is 1. The van der Waals surface area contributed by atoms with E-state index in [1.165, 1.54) is 5.56 Å². The molecule has 0 aliphatic rings. The third-order valence-electron chi connectivity index (χ3n) is 4.06. The summed E-state index contributed by atoms with van der Waals surface area (Å²) in [5, 5.41) is 1.05. The van der Waals surface area contributed by atoms with Crippen LogP contribution in [0.5, 0.6) is 0 Å². The first kappa shape index (κ1) is 15.7. The molecule has 5 heteroatoms. The minimum atomic E-state index is -0.159. The van der Waals surface area contributed by atoms with E-state index in [9.17, 15) is 4.79 Å². The Bertz CT molecular complexity index is 876. The molecule has 4 nitrogen and oxygen atoms in total. The molecule has 0 saturated carbocycles. The van der Waals surface area contributed by atoms with Crippen molar-refractivity contribution in [2.45, 2.75) is 19.5 Å². The Morgan fingerprint density at radius 2 is 1.96 bits per heavy atom. The topological polar surface area (TPSA) is 49.0 Å². The van der Waals surface area contributed by atoms with E-state index < -0.39 is 0 Å². The zero-order valence-electron chi connectivity index (χ0n) is 13.1. The molecule has 1 atom stereocenters. The number of halogens is 1. The van der Waals surface area contributed by atoms with Crippen molar-refractivity contribution < 1.29 is 0 Å². The Balaban J connectivity index is 1.86. The summed E-state index contributed by atoms with van der Waals surface area (Å²) in [6.45, 7) is 2.69. The molecule has 3 rings (SSSR count). The predicted molar refractivity (Wildman–Crippen MR) is 93.7 cm³/mol. The van der Waals surface area contributed by atoms with Gasteiger partial charge in [0.25, 0.3) is 5.56 Å². The van der Waals surface area contributed by atoms with Crippen molar-refractivity contribution in [2.75, 3.05) is 7.05 Å². The number of H-pyrrole nitrogens is 1. The summed E-state index contributed by atoms with van der Waals surface area (Å²) >= 11 is 5.94. The fourth-order valence-electron chi connectivity index (χ4n) is 2.59. The normalized spacial score (nSPS) is 12.7. The van der Waals surface area contributed by atoms with E-state index in [-0.39, 0.29) is 11.6 Å². The molecule has 1 heterocycles. The number of rotatable bonds is 4. The van der Waals surface area contributed by atoms with E-state index >= 15 is 0 Å². The lowest BCUT2D eigenvalue weighted by Gasteiger charge is -2.24. The van der Waals surface area contributed by atoms with Gasteiger partial charge in [-0.05, 0) is 37.7 Å². The second kappa shape index (κ2) is 6.52. The molecule has 0 aliphatic heterocycles. The van der Waals surface area contributed by atoms with E-state index in [1.54, 1.807) is 18.2 Å². The van der Waals surface area contributed by atoms with Crippen LogP contribution in [0.15, 0.2) is 53.3 Å². The third kappa shape index (κ3) is 3.44. The van der Waals surface area contributed by atoms with Crippen LogP contribution in [-0.4, -0.2) is 21.9 Å². The van der Waals surface area contributed by atoms with Crippen LogP contribution in [0.3, 0.4) is 0 Å². The molecular formula is C18H18ClN3O. The van der Waals surface area contributed by atoms with Crippen LogP contribution < -0.4 is 5.56 Å². The molecule has 118 valence electrons. The van der Waals surface area contributed by atoms with Gasteiger partial charge < -0.3 is 4.98 Å². The largest absolute Gasteiger partial charge is 0.309 e. The summed E-state index contributed by atoms with van der Waals surface area (Å²) in [5.74, 6) is 0.648. The van der Waals surface area contributed by atoms with Gasteiger partial charge in [-0.1, -0.05) is 41.9 Å². The highest BCUT2D eigenvalue weighted by molar-refractivity contribution is 6.31. The summed E-state index contributed by atoms with van der Waals surface area (Å²) in [5.41, 5.74) is 1.73. The van der Waals surface area contributed by atoms with Gasteiger partial charge in [-0.2, -0.15) is 0 Å². The average Bonchev–Trinajstić information content (AvgIpc) is 2.55. The molecule has 0 saturated heterocycles. The van der Waals surface area contributed by atoms with E-state index in [4.69, 9.17) is 11.6 Å². The maximum atomic E-state index is 12.2. The molecule has 0 aliphatic carbocycles. The fourth-order valence-corrected chi connectivity index (χ4v) is 2.77. The van der Waals surface area contributed by atoms with Gasteiger partial charge in [-0.15, -0.1) is 0 Å². The Hall–Kier alpha value is -2.17. The Morgan fingerprint density at radius 3 is 2.70 bits per heavy atom. The molecule has 0 spiro atoms. The summed E-state index contributed by atoms with van der Waals surface area (Å²) in [6, 6.07) is 15.6. The molecule has 0 unspecified atom stereocenters. The highest BCUT2D eigenvalue weighted by Gasteiger charge is 2.13. The van der Waals surface area contributed by atoms with Crippen LogP contribution in [0.2, 0.25) is 5.02 Å². The molecule has 0 radical (unpaired) electrons.